The molecule has 0 aliphatic heterocycles. The zero-order valence-electron chi connectivity index (χ0n) is 15.6. The zero-order chi connectivity index (χ0) is 19.5. The van der Waals surface area contributed by atoms with E-state index in [2.05, 4.69) is 0 Å². The molecule has 0 saturated carbocycles. The van der Waals surface area contributed by atoms with Crippen LogP contribution in [0.3, 0.4) is 0 Å². The van der Waals surface area contributed by atoms with Gasteiger partial charge in [-0.15, -0.1) is 0 Å². The molecule has 5 heteroatoms. The first-order valence-electron chi connectivity index (χ1n) is 8.80. The van der Waals surface area contributed by atoms with Gasteiger partial charge in [0.15, 0.2) is 0 Å². The average Bonchev–Trinajstić information content (AvgIpc) is 3.09. The third-order valence-electron chi connectivity index (χ3n) is 4.46. The van der Waals surface area contributed by atoms with Gasteiger partial charge in [0.2, 0.25) is 0 Å². The van der Waals surface area contributed by atoms with Crippen molar-refractivity contribution in [2.24, 2.45) is 0 Å². The third-order valence-corrected chi connectivity index (χ3v) is 6.79. The second-order valence-corrected chi connectivity index (χ2v) is 8.33. The number of benzene rings is 3. The Morgan fingerprint density at radius 2 is 1.46 bits per heavy atom. The maximum absolute atomic E-state index is 12.6. The van der Waals surface area contributed by atoms with Gasteiger partial charge in [-0.2, -0.15) is 0 Å². The third kappa shape index (κ3) is 3.68. The number of hydrogen-bond acceptors (Lipinski definition) is 3. The van der Waals surface area contributed by atoms with Crippen molar-refractivity contribution in [1.29, 1.82) is 0 Å². The topological polar surface area (TPSA) is 40.5 Å². The molecule has 0 spiro atoms. The summed E-state index contributed by atoms with van der Waals surface area (Å²) in [6.45, 7) is 0. The van der Waals surface area contributed by atoms with E-state index in [1.807, 2.05) is 82.4 Å². The molecule has 4 aromatic rings. The summed E-state index contributed by atoms with van der Waals surface area (Å²) in [4.78, 5) is 12.6. The van der Waals surface area contributed by atoms with Crippen LogP contribution in [-0.2, 0) is 0 Å². The number of nitrogens with zero attached hydrogens (tertiary/aromatic N) is 1. The van der Waals surface area contributed by atoms with Crippen molar-refractivity contribution in [2.75, 3.05) is 14.2 Å². The molecule has 0 fully saturated rings. The standard InChI is InChI=1S/C23H19NO3Se/c1-26-19-13-17(14-20(15-19)27-2)8-7-16-9-11-18(12-10-16)24-23(25)21-5-3-4-6-22(21)28-24/h3-15H,1-2H3/b8-7+. The Morgan fingerprint density at radius 3 is 2.11 bits per heavy atom. The molecule has 1 heterocycles. The van der Waals surface area contributed by atoms with E-state index in [0.717, 1.165) is 38.0 Å². The molecule has 0 amide bonds. The first-order chi connectivity index (χ1) is 13.7. The van der Waals surface area contributed by atoms with E-state index in [1.54, 1.807) is 14.2 Å². The van der Waals surface area contributed by atoms with Crippen LogP contribution in [0.15, 0.2) is 71.5 Å². The zero-order valence-corrected chi connectivity index (χ0v) is 17.3. The summed E-state index contributed by atoms with van der Waals surface area (Å²) in [6, 6.07) is 21.6. The van der Waals surface area contributed by atoms with Gasteiger partial charge in [-0.1, -0.05) is 0 Å². The van der Waals surface area contributed by atoms with Gasteiger partial charge in [-0.3, -0.25) is 0 Å². The predicted octanol–water partition coefficient (Wildman–Crippen LogP) is 4.24. The second-order valence-electron chi connectivity index (χ2n) is 6.26. The van der Waals surface area contributed by atoms with Crippen LogP contribution in [0.2, 0.25) is 0 Å². The molecular formula is C23H19NO3Se. The summed E-state index contributed by atoms with van der Waals surface area (Å²) < 4.78 is 13.6. The second kappa shape index (κ2) is 7.93. The molecular weight excluding hydrogens is 417 g/mol. The van der Waals surface area contributed by atoms with E-state index in [1.165, 1.54) is 0 Å². The van der Waals surface area contributed by atoms with E-state index in [4.69, 9.17) is 9.47 Å². The molecule has 0 aliphatic rings. The van der Waals surface area contributed by atoms with E-state index in [0.29, 0.717) is 0 Å². The molecule has 4 nitrogen and oxygen atoms in total. The number of fused-ring (bicyclic) bond motifs is 1. The molecule has 0 saturated heterocycles. The normalized spacial score (nSPS) is 11.2. The SMILES string of the molecule is COc1cc(/C=C/c2ccc(-n3[se]c4ccccc4c3=O)cc2)cc(OC)c1. The van der Waals surface area contributed by atoms with Crippen LogP contribution in [0.4, 0.5) is 0 Å². The number of aromatic nitrogens is 1. The van der Waals surface area contributed by atoms with Crippen LogP contribution in [0.25, 0.3) is 27.5 Å². The van der Waals surface area contributed by atoms with Gasteiger partial charge in [-0.25, -0.2) is 0 Å². The fourth-order valence-corrected chi connectivity index (χ4v) is 5.08. The van der Waals surface area contributed by atoms with Crippen molar-refractivity contribution in [3.63, 3.8) is 0 Å². The van der Waals surface area contributed by atoms with Gasteiger partial charge in [0.25, 0.3) is 0 Å². The van der Waals surface area contributed by atoms with Gasteiger partial charge in [0.05, 0.1) is 0 Å². The summed E-state index contributed by atoms with van der Waals surface area (Å²) >= 11 is -0.0117. The Morgan fingerprint density at radius 1 is 0.821 bits per heavy atom. The number of ether oxygens (including phenoxy) is 2. The van der Waals surface area contributed by atoms with Crippen molar-refractivity contribution in [1.82, 2.24) is 3.56 Å². The van der Waals surface area contributed by atoms with E-state index in [-0.39, 0.29) is 20.3 Å². The molecule has 0 atom stereocenters. The Labute approximate surface area is 169 Å². The summed E-state index contributed by atoms with van der Waals surface area (Å²) in [5, 5.41) is 0.818. The van der Waals surface area contributed by atoms with Gasteiger partial charge < -0.3 is 0 Å². The molecule has 0 unspecified atom stereocenters. The first kappa shape index (κ1) is 18.4. The summed E-state index contributed by atoms with van der Waals surface area (Å²) in [5.41, 5.74) is 3.07. The predicted molar refractivity (Wildman–Crippen MR) is 115 cm³/mol. The first-order valence-corrected chi connectivity index (χ1v) is 10.4. The van der Waals surface area contributed by atoms with Crippen LogP contribution in [-0.4, -0.2) is 32.5 Å². The summed E-state index contributed by atoms with van der Waals surface area (Å²) in [6.07, 6.45) is 4.05. The van der Waals surface area contributed by atoms with Crippen molar-refractivity contribution in [2.45, 2.75) is 0 Å². The number of methoxy groups -OCH3 is 2. The summed E-state index contributed by atoms with van der Waals surface area (Å²) in [7, 11) is 3.28. The monoisotopic (exact) mass is 437 g/mol. The van der Waals surface area contributed by atoms with Crippen LogP contribution in [0.5, 0.6) is 11.5 Å². The molecule has 0 aliphatic carbocycles. The van der Waals surface area contributed by atoms with Crippen LogP contribution in [0.1, 0.15) is 11.1 Å². The van der Waals surface area contributed by atoms with Gasteiger partial charge in [0, 0.05) is 0 Å². The summed E-state index contributed by atoms with van der Waals surface area (Å²) in [5.74, 6) is 1.51. The van der Waals surface area contributed by atoms with E-state index >= 15 is 0 Å². The Balaban J connectivity index is 1.61. The molecule has 0 bridgehead atoms. The van der Waals surface area contributed by atoms with Gasteiger partial charge >= 0.3 is 169 Å². The molecule has 3 aromatic carbocycles. The molecule has 0 radical (unpaired) electrons. The number of hydrogen-bond donors (Lipinski definition) is 0. The molecule has 140 valence electrons. The molecule has 28 heavy (non-hydrogen) atoms. The minimum atomic E-state index is -0.0117. The van der Waals surface area contributed by atoms with E-state index in [9.17, 15) is 4.79 Å². The fourth-order valence-electron chi connectivity index (χ4n) is 2.98. The maximum atomic E-state index is 12.6. The van der Waals surface area contributed by atoms with E-state index < -0.39 is 0 Å². The molecule has 4 rings (SSSR count). The Hall–Kier alpha value is -3.01. The van der Waals surface area contributed by atoms with Crippen molar-refractivity contribution in [3.8, 4) is 17.2 Å². The average molecular weight is 436 g/mol. The Bertz CT molecular complexity index is 1180. The molecule has 1 aromatic heterocycles. The van der Waals surface area contributed by atoms with Crippen molar-refractivity contribution in [3.05, 3.63) is 88.2 Å². The molecule has 0 N–H and O–H groups in total. The Kier molecular flexibility index (Phi) is 5.20. The van der Waals surface area contributed by atoms with Crippen LogP contribution < -0.4 is 15.0 Å². The van der Waals surface area contributed by atoms with Gasteiger partial charge in [-0.05, 0) is 0 Å². The van der Waals surface area contributed by atoms with Crippen molar-refractivity contribution >= 4 is 36.5 Å². The van der Waals surface area contributed by atoms with Crippen LogP contribution >= 0.6 is 0 Å². The quantitative estimate of drug-likeness (QED) is 0.347. The van der Waals surface area contributed by atoms with Gasteiger partial charge in [0.1, 0.15) is 0 Å². The number of rotatable bonds is 5. The minimum absolute atomic E-state index is 0.0117. The van der Waals surface area contributed by atoms with Crippen LogP contribution in [0, 0.1) is 0 Å². The van der Waals surface area contributed by atoms with Crippen molar-refractivity contribution < 1.29 is 9.47 Å². The fraction of sp³-hybridized carbons (Fsp3) is 0.0870.